The Hall–Kier alpha value is -4.54. The van der Waals surface area contributed by atoms with E-state index in [0.717, 1.165) is 5.56 Å². The van der Waals surface area contributed by atoms with Gasteiger partial charge in [0.15, 0.2) is 10.9 Å². The Morgan fingerprint density at radius 2 is 1.66 bits per heavy atom. The van der Waals surface area contributed by atoms with Gasteiger partial charge in [-0.05, 0) is 55.0 Å². The summed E-state index contributed by atoms with van der Waals surface area (Å²) in [6.07, 6.45) is 1.66. The Balaban J connectivity index is 1.42. The van der Waals surface area contributed by atoms with E-state index in [9.17, 15) is 19.2 Å². The maximum Gasteiger partial charge on any atom is 0.247 e. The van der Waals surface area contributed by atoms with Crippen molar-refractivity contribution >= 4 is 58.1 Å². The summed E-state index contributed by atoms with van der Waals surface area (Å²) < 4.78 is 1.39. The summed E-state index contributed by atoms with van der Waals surface area (Å²) in [5, 5.41) is 11.1. The van der Waals surface area contributed by atoms with Gasteiger partial charge in [-0.3, -0.25) is 24.1 Å². The van der Waals surface area contributed by atoms with E-state index < -0.39 is 23.8 Å². The molecule has 1 saturated heterocycles. The number of anilines is 2. The second-order valence-corrected chi connectivity index (χ2v) is 10.3. The van der Waals surface area contributed by atoms with Crippen LogP contribution in [0.5, 0.6) is 0 Å². The van der Waals surface area contributed by atoms with Crippen molar-refractivity contribution in [3.05, 3.63) is 100 Å². The second-order valence-electron chi connectivity index (χ2n) is 9.45. The molecule has 1 fully saturated rings. The zero-order valence-corrected chi connectivity index (χ0v) is 23.3. The molecular weight excluding hydrogens is 567 g/mol. The highest BCUT2D eigenvalue weighted by atomic mass is 35.5. The van der Waals surface area contributed by atoms with Crippen LogP contribution in [0.15, 0.2) is 79.0 Å². The molecule has 3 aromatic carbocycles. The van der Waals surface area contributed by atoms with Gasteiger partial charge < -0.3 is 10.2 Å². The number of aromatic nitrogens is 3. The number of ketones is 1. The van der Waals surface area contributed by atoms with Gasteiger partial charge in [-0.25, -0.2) is 4.68 Å². The molecule has 12 heteroatoms. The summed E-state index contributed by atoms with van der Waals surface area (Å²) in [6.45, 7) is 0.802. The number of benzene rings is 3. The van der Waals surface area contributed by atoms with Gasteiger partial charge in [0.05, 0.1) is 17.6 Å². The molecule has 2 heterocycles. The average molecular weight is 591 g/mol. The van der Waals surface area contributed by atoms with Crippen LogP contribution in [0.25, 0.3) is 5.69 Å². The number of hydrogen-bond donors (Lipinski definition) is 1. The molecule has 1 atom stereocenters. The van der Waals surface area contributed by atoms with Crippen molar-refractivity contribution in [3.63, 3.8) is 0 Å². The lowest BCUT2D eigenvalue weighted by molar-refractivity contribution is -0.143. The van der Waals surface area contributed by atoms with Crippen molar-refractivity contribution in [3.8, 4) is 5.69 Å². The minimum Gasteiger partial charge on any atom is -0.324 e. The molecule has 0 spiro atoms. The fraction of sp³-hybridized carbons (Fsp3) is 0.172. The molecule has 1 aliphatic rings. The highest BCUT2D eigenvalue weighted by Gasteiger charge is 2.39. The van der Waals surface area contributed by atoms with E-state index in [-0.39, 0.29) is 30.4 Å². The number of amides is 3. The van der Waals surface area contributed by atoms with Crippen LogP contribution in [0.3, 0.4) is 0 Å². The van der Waals surface area contributed by atoms with Crippen LogP contribution >= 0.6 is 23.2 Å². The zero-order chi connectivity index (χ0) is 29.1. The number of Topliss-reactive ketones (excluding diaryl/α,β-unsaturated/α-hetero) is 1. The standard InChI is InChI=1S/C29H24Cl2N6O4/c1-18(38)20-7-10-22(11-8-20)32-29(41)25(13-19-5-3-2-4-6-19)36-17-27(39)35(16-28(36)40)24-14-21(30)9-12-23(24)37-15-26(31)33-34-37/h2-12,14-15,25H,13,16-17H2,1H3,(H,32,41). The van der Waals surface area contributed by atoms with Crippen LogP contribution in [0, 0.1) is 0 Å². The fourth-order valence-corrected chi connectivity index (χ4v) is 4.89. The molecule has 0 bridgehead atoms. The number of piperazine rings is 1. The number of halogens is 2. The Morgan fingerprint density at radius 1 is 0.927 bits per heavy atom. The predicted molar refractivity (Wildman–Crippen MR) is 154 cm³/mol. The van der Waals surface area contributed by atoms with Gasteiger partial charge in [0.25, 0.3) is 0 Å². The minimum atomic E-state index is -0.976. The average Bonchev–Trinajstić information content (AvgIpc) is 3.39. The van der Waals surface area contributed by atoms with Crippen molar-refractivity contribution in [2.45, 2.75) is 19.4 Å². The Morgan fingerprint density at radius 3 is 2.32 bits per heavy atom. The summed E-state index contributed by atoms with van der Waals surface area (Å²) in [6, 6.07) is 19.6. The van der Waals surface area contributed by atoms with Crippen molar-refractivity contribution in [2.24, 2.45) is 0 Å². The molecule has 0 saturated carbocycles. The minimum absolute atomic E-state index is 0.0958. The maximum absolute atomic E-state index is 13.6. The van der Waals surface area contributed by atoms with Crippen LogP contribution in [0.4, 0.5) is 11.4 Å². The third-order valence-electron chi connectivity index (χ3n) is 6.67. The third kappa shape index (κ3) is 6.29. The third-order valence-corrected chi connectivity index (χ3v) is 7.08. The maximum atomic E-state index is 13.6. The predicted octanol–water partition coefficient (Wildman–Crippen LogP) is 4.20. The Bertz CT molecular complexity index is 1620. The lowest BCUT2D eigenvalue weighted by atomic mass is 10.0. The van der Waals surface area contributed by atoms with Gasteiger partial charge in [-0.1, -0.05) is 58.7 Å². The van der Waals surface area contributed by atoms with Crippen molar-refractivity contribution in [1.82, 2.24) is 19.9 Å². The van der Waals surface area contributed by atoms with E-state index in [2.05, 4.69) is 15.6 Å². The van der Waals surface area contributed by atoms with Crippen molar-refractivity contribution < 1.29 is 19.2 Å². The highest BCUT2D eigenvalue weighted by molar-refractivity contribution is 6.31. The summed E-state index contributed by atoms with van der Waals surface area (Å²) in [5.74, 6) is -1.38. The van der Waals surface area contributed by atoms with E-state index in [0.29, 0.717) is 27.6 Å². The highest BCUT2D eigenvalue weighted by Crippen LogP contribution is 2.30. The van der Waals surface area contributed by atoms with Crippen LogP contribution in [0.2, 0.25) is 10.2 Å². The number of carbonyl (C=O) groups is 4. The van der Waals surface area contributed by atoms with Gasteiger partial charge in [-0.2, -0.15) is 0 Å². The Kier molecular flexibility index (Phi) is 8.14. The van der Waals surface area contributed by atoms with Gasteiger partial charge in [0.2, 0.25) is 17.7 Å². The molecule has 1 N–H and O–H groups in total. The molecule has 3 amide bonds. The Labute approximate surface area is 245 Å². The number of carbonyl (C=O) groups excluding carboxylic acids is 4. The van der Waals surface area contributed by atoms with Crippen LogP contribution in [0.1, 0.15) is 22.8 Å². The fourth-order valence-electron chi connectivity index (χ4n) is 4.60. The zero-order valence-electron chi connectivity index (χ0n) is 21.8. The van der Waals surface area contributed by atoms with E-state index in [1.54, 1.807) is 42.5 Å². The molecule has 1 unspecified atom stereocenters. The smallest absolute Gasteiger partial charge is 0.247 e. The molecule has 41 heavy (non-hydrogen) atoms. The van der Waals surface area contributed by atoms with Crippen LogP contribution < -0.4 is 10.2 Å². The van der Waals surface area contributed by atoms with Gasteiger partial charge in [0.1, 0.15) is 19.1 Å². The monoisotopic (exact) mass is 590 g/mol. The summed E-state index contributed by atoms with van der Waals surface area (Å²) in [7, 11) is 0. The lowest BCUT2D eigenvalue weighted by Gasteiger charge is -2.38. The molecule has 208 valence electrons. The number of nitrogens with zero attached hydrogens (tertiary/aromatic N) is 5. The van der Waals surface area contributed by atoms with E-state index in [4.69, 9.17) is 23.2 Å². The summed E-state index contributed by atoms with van der Waals surface area (Å²) in [4.78, 5) is 54.9. The van der Waals surface area contributed by atoms with E-state index in [1.165, 1.54) is 27.6 Å². The first-order valence-electron chi connectivity index (χ1n) is 12.6. The van der Waals surface area contributed by atoms with Gasteiger partial charge in [-0.15, -0.1) is 5.10 Å². The molecule has 1 aromatic heterocycles. The molecular formula is C29H24Cl2N6O4. The number of rotatable bonds is 8. The summed E-state index contributed by atoms with van der Waals surface area (Å²) >= 11 is 12.2. The molecule has 5 rings (SSSR count). The topological polar surface area (TPSA) is 118 Å². The SMILES string of the molecule is CC(=O)c1ccc(NC(=O)C(Cc2ccccc2)N2CC(=O)N(c3cc(Cl)ccc3-n3cc(Cl)nn3)CC2=O)cc1. The quantitative estimate of drug-likeness (QED) is 0.307. The van der Waals surface area contributed by atoms with Crippen LogP contribution in [-0.4, -0.2) is 62.5 Å². The first-order valence-corrected chi connectivity index (χ1v) is 13.4. The van der Waals surface area contributed by atoms with Gasteiger partial charge in [0, 0.05) is 22.7 Å². The normalized spacial score (nSPS) is 14.2. The number of hydrogen-bond acceptors (Lipinski definition) is 6. The second kappa shape index (κ2) is 11.9. The lowest BCUT2D eigenvalue weighted by Crippen LogP contribution is -2.60. The summed E-state index contributed by atoms with van der Waals surface area (Å²) in [5.41, 5.74) is 2.60. The largest absolute Gasteiger partial charge is 0.324 e. The first kappa shape index (κ1) is 28.0. The van der Waals surface area contributed by atoms with E-state index >= 15 is 0 Å². The molecule has 0 aliphatic carbocycles. The molecule has 1 aliphatic heterocycles. The number of nitrogens with one attached hydrogen (secondary N) is 1. The molecule has 0 radical (unpaired) electrons. The molecule has 4 aromatic rings. The van der Waals surface area contributed by atoms with Crippen molar-refractivity contribution in [1.29, 1.82) is 0 Å². The van der Waals surface area contributed by atoms with Gasteiger partial charge >= 0.3 is 0 Å². The van der Waals surface area contributed by atoms with Crippen LogP contribution in [-0.2, 0) is 20.8 Å². The first-order chi connectivity index (χ1) is 19.7. The molecule has 10 nitrogen and oxygen atoms in total. The van der Waals surface area contributed by atoms with Crippen molar-refractivity contribution in [2.75, 3.05) is 23.3 Å². The van der Waals surface area contributed by atoms with E-state index in [1.807, 2.05) is 30.3 Å².